The molecule has 1 aromatic heterocycles. The predicted octanol–water partition coefficient (Wildman–Crippen LogP) is 1.15. The van der Waals surface area contributed by atoms with E-state index in [1.807, 2.05) is 6.07 Å². The fraction of sp³-hybridized carbons (Fsp3) is 0.375. The maximum atomic E-state index is 5.76. The van der Waals surface area contributed by atoms with E-state index in [1.165, 1.54) is 5.56 Å². The number of halogens is 2. The van der Waals surface area contributed by atoms with Gasteiger partial charge in [-0.25, -0.2) is 0 Å². The van der Waals surface area contributed by atoms with Gasteiger partial charge in [-0.2, -0.15) is 0 Å². The van der Waals surface area contributed by atoms with Crippen LogP contribution in [0.3, 0.4) is 0 Å². The summed E-state index contributed by atoms with van der Waals surface area (Å²) in [6, 6.07) is 1.85. The molecule has 0 spiro atoms. The molecule has 1 aliphatic heterocycles. The number of anilines is 1. The van der Waals surface area contributed by atoms with Gasteiger partial charge < -0.3 is 11.1 Å². The van der Waals surface area contributed by atoms with E-state index in [9.17, 15) is 0 Å². The van der Waals surface area contributed by atoms with E-state index >= 15 is 0 Å². The summed E-state index contributed by atoms with van der Waals surface area (Å²) in [4.78, 5) is 4.26. The Balaban J connectivity index is 0.000000720. The normalized spacial score (nSPS) is 13.5. The number of aromatic nitrogens is 1. The highest BCUT2D eigenvalue weighted by Crippen LogP contribution is 2.16. The third-order valence-electron chi connectivity index (χ3n) is 2.02. The molecule has 0 saturated heterocycles. The number of pyridine rings is 1. The minimum Gasteiger partial charge on any atom is -0.398 e. The van der Waals surface area contributed by atoms with Crippen LogP contribution in [0.15, 0.2) is 12.3 Å². The molecular formula is C8H13Cl2N3. The predicted molar refractivity (Wildman–Crippen MR) is 58.6 cm³/mol. The zero-order valence-corrected chi connectivity index (χ0v) is 8.75. The van der Waals surface area contributed by atoms with Crippen molar-refractivity contribution in [2.24, 2.45) is 0 Å². The molecule has 13 heavy (non-hydrogen) atoms. The summed E-state index contributed by atoms with van der Waals surface area (Å²) in [5, 5.41) is 3.26. The second-order valence-electron chi connectivity index (χ2n) is 2.75. The number of nitrogens with two attached hydrogens (primary N) is 1. The quantitative estimate of drug-likeness (QED) is 0.692. The van der Waals surface area contributed by atoms with Crippen molar-refractivity contribution in [3.63, 3.8) is 0 Å². The lowest BCUT2D eigenvalue weighted by Crippen LogP contribution is -2.25. The molecule has 74 valence electrons. The van der Waals surface area contributed by atoms with Gasteiger partial charge >= 0.3 is 0 Å². The first kappa shape index (κ1) is 12.5. The lowest BCUT2D eigenvalue weighted by Gasteiger charge is -2.16. The van der Waals surface area contributed by atoms with Crippen LogP contribution in [-0.4, -0.2) is 11.5 Å². The van der Waals surface area contributed by atoms with E-state index in [-0.39, 0.29) is 24.8 Å². The van der Waals surface area contributed by atoms with Gasteiger partial charge in [-0.1, -0.05) is 0 Å². The number of rotatable bonds is 0. The average Bonchev–Trinajstić information content (AvgIpc) is 2.06. The molecule has 2 heterocycles. The molecule has 0 atom stereocenters. The Morgan fingerprint density at radius 2 is 2.15 bits per heavy atom. The minimum absolute atomic E-state index is 0. The molecule has 0 amide bonds. The maximum Gasteiger partial charge on any atom is 0.0481 e. The molecular weight excluding hydrogens is 209 g/mol. The van der Waals surface area contributed by atoms with E-state index in [1.54, 1.807) is 6.20 Å². The molecule has 0 aromatic carbocycles. The maximum absolute atomic E-state index is 5.76. The second kappa shape index (κ2) is 5.27. The topological polar surface area (TPSA) is 50.9 Å². The van der Waals surface area contributed by atoms with Crippen molar-refractivity contribution in [1.82, 2.24) is 10.3 Å². The third-order valence-corrected chi connectivity index (χ3v) is 2.02. The SMILES string of the molecule is Cl.Cl.Nc1ccnc2c1CNCC2. The number of fused-ring (bicyclic) bond motifs is 1. The van der Waals surface area contributed by atoms with Gasteiger partial charge in [-0.15, -0.1) is 24.8 Å². The average molecular weight is 222 g/mol. The van der Waals surface area contributed by atoms with Gasteiger partial charge in [-0.3, -0.25) is 4.98 Å². The molecule has 0 unspecified atom stereocenters. The number of hydrogen-bond donors (Lipinski definition) is 2. The number of nitrogens with zero attached hydrogens (tertiary/aromatic N) is 1. The summed E-state index contributed by atoms with van der Waals surface area (Å²) < 4.78 is 0. The van der Waals surface area contributed by atoms with Crippen LogP contribution in [0.4, 0.5) is 5.69 Å². The van der Waals surface area contributed by atoms with Crippen molar-refractivity contribution in [2.75, 3.05) is 12.3 Å². The fourth-order valence-electron chi connectivity index (χ4n) is 1.39. The third kappa shape index (κ3) is 2.46. The van der Waals surface area contributed by atoms with Crippen LogP contribution < -0.4 is 11.1 Å². The molecule has 3 N–H and O–H groups in total. The molecule has 0 aliphatic carbocycles. The van der Waals surface area contributed by atoms with Gasteiger partial charge in [-0.05, 0) is 6.07 Å². The van der Waals surface area contributed by atoms with E-state index in [4.69, 9.17) is 5.73 Å². The van der Waals surface area contributed by atoms with Crippen LogP contribution in [0, 0.1) is 0 Å². The van der Waals surface area contributed by atoms with Crippen LogP contribution in [0.5, 0.6) is 0 Å². The molecule has 0 radical (unpaired) electrons. The number of nitrogens with one attached hydrogen (secondary N) is 1. The molecule has 0 bridgehead atoms. The van der Waals surface area contributed by atoms with Gasteiger partial charge in [0.2, 0.25) is 0 Å². The number of nitrogen functional groups attached to an aromatic ring is 1. The molecule has 0 fully saturated rings. The monoisotopic (exact) mass is 221 g/mol. The zero-order valence-electron chi connectivity index (χ0n) is 7.12. The summed E-state index contributed by atoms with van der Waals surface area (Å²) in [6.07, 6.45) is 2.78. The lowest BCUT2D eigenvalue weighted by atomic mass is 10.1. The fourth-order valence-corrected chi connectivity index (χ4v) is 1.39. The first-order valence-corrected chi connectivity index (χ1v) is 3.81. The van der Waals surface area contributed by atoms with Gasteiger partial charge in [0.15, 0.2) is 0 Å². The molecule has 2 rings (SSSR count). The Morgan fingerprint density at radius 3 is 2.85 bits per heavy atom. The highest BCUT2D eigenvalue weighted by Gasteiger charge is 2.10. The molecule has 1 aliphatic rings. The summed E-state index contributed by atoms with van der Waals surface area (Å²) in [7, 11) is 0. The Hall–Kier alpha value is -0.510. The van der Waals surface area contributed by atoms with Crippen molar-refractivity contribution in [3.05, 3.63) is 23.5 Å². The Morgan fingerprint density at radius 1 is 1.38 bits per heavy atom. The van der Waals surface area contributed by atoms with Crippen molar-refractivity contribution in [2.45, 2.75) is 13.0 Å². The molecule has 1 aromatic rings. The summed E-state index contributed by atoms with van der Waals surface area (Å²) in [5.74, 6) is 0. The van der Waals surface area contributed by atoms with Crippen LogP contribution in [0.1, 0.15) is 11.3 Å². The van der Waals surface area contributed by atoms with Crippen molar-refractivity contribution in [3.8, 4) is 0 Å². The summed E-state index contributed by atoms with van der Waals surface area (Å²) >= 11 is 0. The van der Waals surface area contributed by atoms with Crippen molar-refractivity contribution < 1.29 is 0 Å². The van der Waals surface area contributed by atoms with Crippen LogP contribution >= 0.6 is 24.8 Å². The Labute approximate surface area is 89.9 Å². The second-order valence-corrected chi connectivity index (χ2v) is 2.75. The Bertz CT molecular complexity index is 278. The minimum atomic E-state index is 0. The first-order valence-electron chi connectivity index (χ1n) is 3.81. The van der Waals surface area contributed by atoms with Crippen LogP contribution in [0.2, 0.25) is 0 Å². The van der Waals surface area contributed by atoms with Gasteiger partial charge in [0, 0.05) is 42.7 Å². The van der Waals surface area contributed by atoms with E-state index in [0.29, 0.717) is 0 Å². The van der Waals surface area contributed by atoms with Crippen molar-refractivity contribution >= 4 is 30.5 Å². The standard InChI is InChI=1S/C8H11N3.2ClH/c9-7-1-4-11-8-2-3-10-5-6(7)8;;/h1,4,10H,2-3,5H2,(H2,9,11);2*1H. The number of hydrogen-bond acceptors (Lipinski definition) is 3. The van der Waals surface area contributed by atoms with Crippen LogP contribution in [0.25, 0.3) is 0 Å². The van der Waals surface area contributed by atoms with E-state index in [0.717, 1.165) is 30.9 Å². The smallest absolute Gasteiger partial charge is 0.0481 e. The highest BCUT2D eigenvalue weighted by molar-refractivity contribution is 5.85. The van der Waals surface area contributed by atoms with E-state index in [2.05, 4.69) is 10.3 Å². The first-order chi connectivity index (χ1) is 5.38. The molecule has 5 heteroatoms. The van der Waals surface area contributed by atoms with Gasteiger partial charge in [0.1, 0.15) is 0 Å². The summed E-state index contributed by atoms with van der Waals surface area (Å²) in [5.41, 5.74) is 8.96. The molecule has 3 nitrogen and oxygen atoms in total. The van der Waals surface area contributed by atoms with E-state index < -0.39 is 0 Å². The zero-order chi connectivity index (χ0) is 7.68. The molecule has 0 saturated carbocycles. The largest absolute Gasteiger partial charge is 0.398 e. The van der Waals surface area contributed by atoms with Crippen molar-refractivity contribution in [1.29, 1.82) is 0 Å². The van der Waals surface area contributed by atoms with Gasteiger partial charge in [0.25, 0.3) is 0 Å². The Kier molecular flexibility index (Phi) is 5.06. The highest BCUT2D eigenvalue weighted by atomic mass is 35.5. The lowest BCUT2D eigenvalue weighted by molar-refractivity contribution is 0.632. The van der Waals surface area contributed by atoms with Gasteiger partial charge in [0.05, 0.1) is 0 Å². The summed E-state index contributed by atoms with van der Waals surface area (Å²) in [6.45, 7) is 1.89. The van der Waals surface area contributed by atoms with Crippen LogP contribution in [-0.2, 0) is 13.0 Å².